The smallest absolute Gasteiger partial charge is 0.327 e. The molecule has 0 bridgehead atoms. The normalized spacial score (nSPS) is 28.0. The van der Waals surface area contributed by atoms with Crippen molar-refractivity contribution >= 4 is 62.9 Å². The number of hydrogen-bond donors (Lipinski definition) is 3. The maximum atomic E-state index is 13.1. The predicted octanol–water partition coefficient (Wildman–Crippen LogP) is 2.47. The average molecular weight is 539 g/mol. The van der Waals surface area contributed by atoms with Gasteiger partial charge in [0.25, 0.3) is 5.91 Å². The fraction of sp³-hybridized carbons (Fsp3) is 0.381. The number of fused-ring (bicyclic) bond motifs is 2. The topological polar surface area (TPSA) is 113 Å². The van der Waals surface area contributed by atoms with Crippen molar-refractivity contribution < 1.29 is 19.5 Å². The predicted molar refractivity (Wildman–Crippen MR) is 124 cm³/mol. The monoisotopic (exact) mass is 539 g/mol. The molecular formula is C21H22IN3O4S. The molecule has 4 N–H and O–H groups in total. The number of aliphatic carboxylic acids is 1. The molecule has 0 aromatic heterocycles. The van der Waals surface area contributed by atoms with Gasteiger partial charge in [-0.1, -0.05) is 30.3 Å². The number of nitrogens with two attached hydrogens (primary N) is 1. The first-order valence-corrected chi connectivity index (χ1v) is 11.4. The molecule has 2 aliphatic rings. The lowest BCUT2D eigenvalue weighted by Gasteiger charge is -2.51. The number of amides is 2. The standard InChI is InChI=1S/C21H22IN3O4S/c1-20(2)15(17(27)28)25-18(29)21(3,19(25)30-20)24-16(26)14(23)11-8-4-6-10-7-5-9-12(22)13(10)11/h4-9,14-15,19H,23H2,1-3H3,(H,24,26)(H,27,28)/t14?,15-,19+,21?/m0/s1. The molecule has 4 rings (SSSR count). The zero-order chi connectivity index (χ0) is 22.0. The molecule has 2 aromatic rings. The van der Waals surface area contributed by atoms with E-state index in [1.165, 1.54) is 16.7 Å². The van der Waals surface area contributed by atoms with Gasteiger partial charge in [-0.05, 0) is 60.4 Å². The fourth-order valence-electron chi connectivity index (χ4n) is 4.40. The van der Waals surface area contributed by atoms with Gasteiger partial charge in [0.2, 0.25) is 5.91 Å². The van der Waals surface area contributed by atoms with Crippen LogP contribution in [-0.2, 0) is 14.4 Å². The molecule has 2 fully saturated rings. The maximum Gasteiger partial charge on any atom is 0.327 e. The minimum atomic E-state index is -1.20. The van der Waals surface area contributed by atoms with Crippen molar-refractivity contribution in [2.75, 3.05) is 0 Å². The number of thioether (sulfide) groups is 1. The second-order valence-corrected chi connectivity index (χ2v) is 11.3. The number of hydrogen-bond acceptors (Lipinski definition) is 5. The zero-order valence-electron chi connectivity index (χ0n) is 16.7. The summed E-state index contributed by atoms with van der Waals surface area (Å²) in [5, 5.41) is 13.9. The van der Waals surface area contributed by atoms with Gasteiger partial charge >= 0.3 is 5.97 Å². The van der Waals surface area contributed by atoms with Crippen LogP contribution in [-0.4, -0.2) is 49.5 Å². The molecule has 158 valence electrons. The minimum absolute atomic E-state index is 0.397. The van der Waals surface area contributed by atoms with Gasteiger partial charge in [-0.25, -0.2) is 4.79 Å². The third-order valence-electron chi connectivity index (χ3n) is 5.90. The van der Waals surface area contributed by atoms with E-state index in [-0.39, 0.29) is 0 Å². The van der Waals surface area contributed by atoms with Gasteiger partial charge in [-0.15, -0.1) is 11.8 Å². The summed E-state index contributed by atoms with van der Waals surface area (Å²) in [5.74, 6) is -1.90. The number of carbonyl (C=O) groups excluding carboxylic acids is 2. The summed E-state index contributed by atoms with van der Waals surface area (Å²) < 4.78 is 0.321. The van der Waals surface area contributed by atoms with Crippen LogP contribution in [0.5, 0.6) is 0 Å². The van der Waals surface area contributed by atoms with E-state index in [9.17, 15) is 19.5 Å². The maximum absolute atomic E-state index is 13.1. The summed E-state index contributed by atoms with van der Waals surface area (Å²) in [7, 11) is 0. The van der Waals surface area contributed by atoms with Crippen LogP contribution in [0.1, 0.15) is 32.4 Å². The Morgan fingerprint density at radius 1 is 1.23 bits per heavy atom. The van der Waals surface area contributed by atoms with Gasteiger partial charge < -0.3 is 21.1 Å². The van der Waals surface area contributed by atoms with Gasteiger partial charge in [0.1, 0.15) is 23.0 Å². The zero-order valence-corrected chi connectivity index (χ0v) is 19.7. The van der Waals surface area contributed by atoms with E-state index < -0.39 is 45.5 Å². The van der Waals surface area contributed by atoms with E-state index in [1.54, 1.807) is 20.8 Å². The number of β-lactam (4-membered cyclic amide) rings is 1. The summed E-state index contributed by atoms with van der Waals surface area (Å²) in [6.07, 6.45) is 0. The Morgan fingerprint density at radius 2 is 1.87 bits per heavy atom. The average Bonchev–Trinajstić information content (AvgIpc) is 2.96. The Bertz CT molecular complexity index is 1090. The molecular weight excluding hydrogens is 517 g/mol. The first-order valence-electron chi connectivity index (χ1n) is 9.47. The van der Waals surface area contributed by atoms with Crippen molar-refractivity contribution in [3.05, 3.63) is 45.5 Å². The first kappa shape index (κ1) is 21.4. The molecule has 2 heterocycles. The van der Waals surface area contributed by atoms with Crippen LogP contribution in [0, 0.1) is 3.57 Å². The highest BCUT2D eigenvalue weighted by molar-refractivity contribution is 14.1. The Labute approximate surface area is 191 Å². The molecule has 2 aliphatic heterocycles. The minimum Gasteiger partial charge on any atom is -0.480 e. The molecule has 2 amide bonds. The summed E-state index contributed by atoms with van der Waals surface area (Å²) in [6.45, 7) is 5.24. The van der Waals surface area contributed by atoms with Gasteiger partial charge in [0.15, 0.2) is 0 Å². The van der Waals surface area contributed by atoms with E-state index in [2.05, 4.69) is 27.9 Å². The number of carbonyl (C=O) groups is 3. The highest BCUT2D eigenvalue weighted by Crippen LogP contribution is 2.54. The summed E-state index contributed by atoms with van der Waals surface area (Å²) in [5.41, 5.74) is 5.82. The summed E-state index contributed by atoms with van der Waals surface area (Å²) in [6, 6.07) is 9.60. The van der Waals surface area contributed by atoms with Crippen LogP contribution in [0.25, 0.3) is 10.8 Å². The SMILES string of the molecule is CC1(C)S[C@H]2N(C(=O)C2(C)NC(=O)C(N)c2cccc3cccc(I)c23)[C@H]1C(=O)O. The lowest BCUT2D eigenvalue weighted by atomic mass is 9.85. The van der Waals surface area contributed by atoms with Crippen molar-refractivity contribution in [1.29, 1.82) is 0 Å². The van der Waals surface area contributed by atoms with Gasteiger partial charge in [-0.2, -0.15) is 0 Å². The highest BCUT2D eigenvalue weighted by atomic mass is 127. The fourth-order valence-corrected chi connectivity index (χ4v) is 6.87. The molecule has 7 nitrogen and oxygen atoms in total. The Morgan fingerprint density at radius 3 is 2.50 bits per heavy atom. The molecule has 0 saturated carbocycles. The second-order valence-electron chi connectivity index (χ2n) is 8.38. The van der Waals surface area contributed by atoms with E-state index in [4.69, 9.17) is 5.73 Å². The molecule has 9 heteroatoms. The number of carboxylic acid groups (broad SMARTS) is 1. The van der Waals surface area contributed by atoms with E-state index in [0.717, 1.165) is 14.3 Å². The summed E-state index contributed by atoms with van der Waals surface area (Å²) >= 11 is 3.60. The molecule has 0 aliphatic carbocycles. The van der Waals surface area contributed by atoms with Crippen LogP contribution >= 0.6 is 34.4 Å². The van der Waals surface area contributed by atoms with Crippen LogP contribution in [0.4, 0.5) is 0 Å². The molecule has 30 heavy (non-hydrogen) atoms. The van der Waals surface area contributed by atoms with E-state index >= 15 is 0 Å². The van der Waals surface area contributed by atoms with Gasteiger partial charge in [0, 0.05) is 13.7 Å². The number of nitrogens with zero attached hydrogens (tertiary/aromatic N) is 1. The van der Waals surface area contributed by atoms with Crippen molar-refractivity contribution in [2.24, 2.45) is 5.73 Å². The lowest BCUT2D eigenvalue weighted by Crippen LogP contribution is -2.78. The van der Waals surface area contributed by atoms with E-state index in [0.29, 0.717) is 5.56 Å². The van der Waals surface area contributed by atoms with Gasteiger partial charge in [-0.3, -0.25) is 9.59 Å². The van der Waals surface area contributed by atoms with Crippen molar-refractivity contribution in [3.8, 4) is 0 Å². The third-order valence-corrected chi connectivity index (χ3v) is 8.55. The summed E-state index contributed by atoms with van der Waals surface area (Å²) in [4.78, 5) is 39.1. The van der Waals surface area contributed by atoms with Crippen molar-refractivity contribution in [1.82, 2.24) is 10.2 Å². The van der Waals surface area contributed by atoms with E-state index in [1.807, 2.05) is 36.4 Å². The molecule has 2 saturated heterocycles. The van der Waals surface area contributed by atoms with Gasteiger partial charge in [0.05, 0.1) is 0 Å². The molecule has 0 spiro atoms. The number of halogens is 1. The van der Waals surface area contributed by atoms with Crippen LogP contribution < -0.4 is 11.1 Å². The Kier molecular flexibility index (Phi) is 5.06. The number of benzene rings is 2. The second kappa shape index (κ2) is 7.10. The quantitative estimate of drug-likeness (QED) is 0.407. The lowest BCUT2D eigenvalue weighted by molar-refractivity contribution is -0.168. The van der Waals surface area contributed by atoms with Crippen molar-refractivity contribution in [2.45, 2.75) is 48.5 Å². The molecule has 4 atom stereocenters. The number of nitrogens with one attached hydrogen (secondary N) is 1. The largest absolute Gasteiger partial charge is 0.480 e. The first-order chi connectivity index (χ1) is 14.0. The third kappa shape index (κ3) is 3.01. The molecule has 0 radical (unpaired) electrons. The Hall–Kier alpha value is -1.85. The van der Waals surface area contributed by atoms with Crippen LogP contribution in [0.15, 0.2) is 36.4 Å². The molecule has 2 aromatic carbocycles. The Balaban J connectivity index is 1.61. The van der Waals surface area contributed by atoms with Crippen LogP contribution in [0.3, 0.4) is 0 Å². The number of rotatable bonds is 4. The van der Waals surface area contributed by atoms with Crippen molar-refractivity contribution in [3.63, 3.8) is 0 Å². The molecule has 2 unspecified atom stereocenters. The van der Waals surface area contributed by atoms with Crippen LogP contribution in [0.2, 0.25) is 0 Å². The highest BCUT2D eigenvalue weighted by Gasteiger charge is 2.70. The number of carboxylic acids is 1.